The molecule has 2 aliphatic rings. The number of nitrogens with zero attached hydrogens (tertiary/aromatic N) is 2. The number of imide groups is 1. The molecule has 0 radical (unpaired) electrons. The molecule has 4 rings (SSSR count). The van der Waals surface area contributed by atoms with Gasteiger partial charge in [-0.05, 0) is 67.7 Å². The summed E-state index contributed by atoms with van der Waals surface area (Å²) in [5.74, 6) is -0.719. The number of carbonyl (C=O) groups excluding carboxylic acids is 3. The van der Waals surface area contributed by atoms with Crippen molar-refractivity contribution >= 4 is 41.6 Å². The molecule has 1 unspecified atom stereocenters. The summed E-state index contributed by atoms with van der Waals surface area (Å²) in [4.78, 5) is 41.1. The molecule has 0 saturated carbocycles. The van der Waals surface area contributed by atoms with Crippen LogP contribution in [0, 0.1) is 5.82 Å². The highest BCUT2D eigenvalue weighted by Gasteiger charge is 2.37. The summed E-state index contributed by atoms with van der Waals surface area (Å²) in [6.07, 6.45) is 5.08. The van der Waals surface area contributed by atoms with Crippen molar-refractivity contribution in [1.82, 2.24) is 15.1 Å². The van der Waals surface area contributed by atoms with Crippen molar-refractivity contribution in [1.29, 1.82) is 0 Å². The van der Waals surface area contributed by atoms with E-state index in [0.29, 0.717) is 47.7 Å². The van der Waals surface area contributed by atoms with E-state index in [0.717, 1.165) is 29.1 Å². The molecule has 2 aromatic carbocycles. The van der Waals surface area contributed by atoms with Gasteiger partial charge in [0, 0.05) is 39.9 Å². The van der Waals surface area contributed by atoms with E-state index in [4.69, 9.17) is 11.6 Å². The lowest BCUT2D eigenvalue weighted by Crippen LogP contribution is -2.46. The third-order valence-corrected chi connectivity index (χ3v) is 8.29. The van der Waals surface area contributed by atoms with E-state index in [9.17, 15) is 14.4 Å². The summed E-state index contributed by atoms with van der Waals surface area (Å²) in [6.45, 7) is 4.94. The lowest BCUT2D eigenvalue weighted by atomic mass is 10.1. The molecule has 0 aromatic heterocycles. The average Bonchev–Trinajstić information content (AvgIpc) is 3.19. The van der Waals surface area contributed by atoms with Crippen LogP contribution in [-0.2, 0) is 28.4 Å². The van der Waals surface area contributed by atoms with Crippen molar-refractivity contribution in [3.05, 3.63) is 63.4 Å². The van der Waals surface area contributed by atoms with Crippen LogP contribution in [0.2, 0.25) is 5.02 Å². The van der Waals surface area contributed by atoms with Gasteiger partial charge in [0.15, 0.2) is 0 Å². The number of benzene rings is 2. The zero-order valence-electron chi connectivity index (χ0n) is 20.4. The molecule has 2 aliphatic heterocycles. The highest BCUT2D eigenvalue weighted by molar-refractivity contribution is 7.98. The van der Waals surface area contributed by atoms with Gasteiger partial charge in [0.25, 0.3) is 5.91 Å². The van der Waals surface area contributed by atoms with Crippen LogP contribution in [-0.4, -0.2) is 47.2 Å². The number of carbonyl (C=O) groups is 3. The Morgan fingerprint density at radius 2 is 2.03 bits per heavy atom. The van der Waals surface area contributed by atoms with E-state index in [2.05, 4.69) is 10.2 Å². The minimum atomic E-state index is -0.725. The minimum absolute atomic E-state index is 0.238. The quantitative estimate of drug-likeness (QED) is 0.339. The third-order valence-electron chi connectivity index (χ3n) is 6.82. The first-order valence-electron chi connectivity index (χ1n) is 12.4. The predicted molar refractivity (Wildman–Crippen MR) is 139 cm³/mol. The zero-order valence-corrected chi connectivity index (χ0v) is 22.0. The molecule has 1 atom stereocenters. The number of fused-ring (bicyclic) bond motifs is 1. The molecule has 6 nitrogen and oxygen atoms in total. The number of amides is 3. The first kappa shape index (κ1) is 26.6. The number of hydrogen-bond acceptors (Lipinski definition) is 5. The molecular formula is C27H31ClFN3O3S. The second-order valence-electron chi connectivity index (χ2n) is 9.31. The fourth-order valence-corrected chi connectivity index (χ4v) is 6.47. The first-order chi connectivity index (χ1) is 17.4. The van der Waals surface area contributed by atoms with Gasteiger partial charge in [-0.1, -0.05) is 37.4 Å². The molecule has 36 heavy (non-hydrogen) atoms. The molecule has 0 aliphatic carbocycles. The maximum atomic E-state index is 15.1. The fraction of sp³-hybridized carbons (Fsp3) is 0.444. The normalized spacial score (nSPS) is 16.6. The van der Waals surface area contributed by atoms with Gasteiger partial charge in [0.05, 0.1) is 0 Å². The molecule has 9 heteroatoms. The van der Waals surface area contributed by atoms with Crippen LogP contribution in [0.3, 0.4) is 0 Å². The highest BCUT2D eigenvalue weighted by atomic mass is 35.5. The van der Waals surface area contributed by atoms with Crippen LogP contribution in [0.25, 0.3) is 0 Å². The van der Waals surface area contributed by atoms with Crippen molar-refractivity contribution in [3.63, 3.8) is 0 Å². The number of rotatable bonds is 10. The van der Waals surface area contributed by atoms with Crippen LogP contribution >= 0.6 is 23.4 Å². The van der Waals surface area contributed by atoms with Crippen molar-refractivity contribution in [2.24, 2.45) is 0 Å². The topological polar surface area (TPSA) is 69.7 Å². The van der Waals surface area contributed by atoms with Crippen molar-refractivity contribution in [2.45, 2.75) is 68.8 Å². The van der Waals surface area contributed by atoms with Crippen LogP contribution in [0.15, 0.2) is 35.2 Å². The second kappa shape index (κ2) is 12.2. The molecule has 2 aromatic rings. The monoisotopic (exact) mass is 531 g/mol. The van der Waals surface area contributed by atoms with Crippen molar-refractivity contribution in [2.75, 3.05) is 13.1 Å². The number of hydrogen-bond donors (Lipinski definition) is 1. The number of nitrogens with one attached hydrogen (secondary N) is 1. The van der Waals surface area contributed by atoms with Crippen molar-refractivity contribution in [3.8, 4) is 0 Å². The summed E-state index contributed by atoms with van der Waals surface area (Å²) in [5.41, 5.74) is 2.66. The van der Waals surface area contributed by atoms with Crippen LogP contribution < -0.4 is 5.32 Å². The van der Waals surface area contributed by atoms with Gasteiger partial charge < -0.3 is 4.90 Å². The second-order valence-corrected chi connectivity index (χ2v) is 10.7. The summed E-state index contributed by atoms with van der Waals surface area (Å²) in [7, 11) is 0. The van der Waals surface area contributed by atoms with E-state index in [1.807, 2.05) is 19.1 Å². The molecule has 0 bridgehead atoms. The maximum absolute atomic E-state index is 15.1. The molecule has 1 saturated heterocycles. The molecule has 3 amide bonds. The molecule has 2 heterocycles. The Kier molecular flexibility index (Phi) is 9.04. The van der Waals surface area contributed by atoms with E-state index in [-0.39, 0.29) is 18.3 Å². The molecule has 1 N–H and O–H groups in total. The van der Waals surface area contributed by atoms with E-state index < -0.39 is 11.9 Å². The van der Waals surface area contributed by atoms with E-state index >= 15 is 4.39 Å². The summed E-state index contributed by atoms with van der Waals surface area (Å²) < 4.78 is 15.1. The molecule has 192 valence electrons. The Morgan fingerprint density at radius 1 is 1.25 bits per heavy atom. The van der Waals surface area contributed by atoms with Gasteiger partial charge in [0.2, 0.25) is 12.3 Å². The summed E-state index contributed by atoms with van der Waals surface area (Å²) in [6, 6.07) is 8.15. The van der Waals surface area contributed by atoms with Crippen molar-refractivity contribution < 1.29 is 18.8 Å². The lowest BCUT2D eigenvalue weighted by molar-refractivity contribution is -0.129. The number of likely N-dealkylation sites (tertiary alicyclic amines) is 1. The molecule has 1 fully saturated rings. The Bertz CT molecular complexity index is 1120. The average molecular weight is 532 g/mol. The van der Waals surface area contributed by atoms with Gasteiger partial charge in [-0.25, -0.2) is 4.39 Å². The summed E-state index contributed by atoms with van der Waals surface area (Å²) >= 11 is 7.94. The number of halogens is 2. The van der Waals surface area contributed by atoms with Gasteiger partial charge in [0.1, 0.15) is 11.9 Å². The van der Waals surface area contributed by atoms with Gasteiger partial charge >= 0.3 is 0 Å². The lowest BCUT2D eigenvalue weighted by Gasteiger charge is -2.26. The van der Waals surface area contributed by atoms with Gasteiger partial charge in [-0.3, -0.25) is 24.6 Å². The summed E-state index contributed by atoms with van der Waals surface area (Å²) in [5, 5.41) is 2.59. The predicted octanol–water partition coefficient (Wildman–Crippen LogP) is 5.15. The minimum Gasteiger partial charge on any atom is -0.322 e. The van der Waals surface area contributed by atoms with E-state index in [1.54, 1.807) is 18.2 Å². The Morgan fingerprint density at radius 3 is 2.72 bits per heavy atom. The Labute approximate surface area is 220 Å². The maximum Gasteiger partial charge on any atom is 0.255 e. The Balaban J connectivity index is 1.48. The first-order valence-corrected chi connectivity index (χ1v) is 13.8. The smallest absolute Gasteiger partial charge is 0.255 e. The zero-order chi connectivity index (χ0) is 25.7. The molecular weight excluding hydrogens is 501 g/mol. The highest BCUT2D eigenvalue weighted by Crippen LogP contribution is 2.37. The number of piperidine rings is 1. The van der Waals surface area contributed by atoms with Crippen LogP contribution in [0.4, 0.5) is 4.39 Å². The number of thioether (sulfide) groups is 1. The largest absolute Gasteiger partial charge is 0.322 e. The molecule has 0 spiro atoms. The van der Waals surface area contributed by atoms with E-state index in [1.165, 1.54) is 35.9 Å². The van der Waals surface area contributed by atoms with Crippen LogP contribution in [0.1, 0.15) is 66.1 Å². The Hall–Kier alpha value is -2.42. The standard InChI is InChI=1S/C27H31ClFN3O3S/c1-2-7-24(26(34)30-17-33)32-15-20-19(27(32)35)8-6-9-25(20)36-16-21-22(28)12-18(13-23(21)29)14-31-10-4-3-5-11-31/h6,8-9,12-13,17,24H,2-5,7,10-11,14-16H2,1H3,(H,30,33,34). The van der Waals surface area contributed by atoms with Crippen LogP contribution in [0.5, 0.6) is 0 Å². The fourth-order valence-electron chi connectivity index (χ4n) is 4.98. The third kappa shape index (κ3) is 5.93. The van der Waals surface area contributed by atoms with Gasteiger partial charge in [-0.15, -0.1) is 11.8 Å². The SMILES string of the molecule is CCCC(C(=O)NC=O)N1Cc2c(SCc3c(F)cc(CN4CCCCC4)cc3Cl)cccc2C1=O. The van der Waals surface area contributed by atoms with Gasteiger partial charge in [-0.2, -0.15) is 0 Å².